The van der Waals surface area contributed by atoms with Gasteiger partial charge in [-0.2, -0.15) is 0 Å². The summed E-state index contributed by atoms with van der Waals surface area (Å²) < 4.78 is 21.6. The first kappa shape index (κ1) is 21.2. The van der Waals surface area contributed by atoms with E-state index in [4.69, 9.17) is 18.9 Å². The molecule has 0 unspecified atom stereocenters. The van der Waals surface area contributed by atoms with Crippen LogP contribution in [-0.4, -0.2) is 38.3 Å². The summed E-state index contributed by atoms with van der Waals surface area (Å²) in [6, 6.07) is 11.3. The Hall–Kier alpha value is -3.48. The average Bonchev–Trinajstić information content (AvgIpc) is 2.76. The number of nitrogens with one attached hydrogen (secondary N) is 1. The van der Waals surface area contributed by atoms with Crippen LogP contribution in [0, 0.1) is 6.92 Å². The van der Waals surface area contributed by atoms with E-state index in [0.717, 1.165) is 11.1 Å². The second-order valence-corrected chi connectivity index (χ2v) is 6.86. The smallest absolute Gasteiger partial charge is 0.331 e. The van der Waals surface area contributed by atoms with E-state index >= 15 is 0 Å². The molecule has 7 nitrogen and oxygen atoms in total. The van der Waals surface area contributed by atoms with Crippen LogP contribution in [0.4, 0.5) is 0 Å². The van der Waals surface area contributed by atoms with Gasteiger partial charge in [0.2, 0.25) is 5.75 Å². The first-order valence-electron chi connectivity index (χ1n) is 9.66. The highest BCUT2D eigenvalue weighted by Crippen LogP contribution is 2.40. The number of carbonyl (C=O) groups is 2. The fourth-order valence-corrected chi connectivity index (χ4v) is 2.86. The third-order valence-corrected chi connectivity index (χ3v) is 4.51. The summed E-state index contributed by atoms with van der Waals surface area (Å²) in [7, 11) is 1.53. The maximum absolute atomic E-state index is 12.2. The maximum Gasteiger partial charge on any atom is 0.331 e. The van der Waals surface area contributed by atoms with Crippen molar-refractivity contribution in [2.24, 2.45) is 0 Å². The Kier molecular flexibility index (Phi) is 6.95. The van der Waals surface area contributed by atoms with Crippen LogP contribution >= 0.6 is 0 Å². The third kappa shape index (κ3) is 5.53. The molecule has 0 spiro atoms. The van der Waals surface area contributed by atoms with E-state index in [-0.39, 0.29) is 5.91 Å². The van der Waals surface area contributed by atoms with Gasteiger partial charge in [-0.3, -0.25) is 4.79 Å². The van der Waals surface area contributed by atoms with Gasteiger partial charge in [-0.25, -0.2) is 4.79 Å². The van der Waals surface area contributed by atoms with Crippen LogP contribution < -0.4 is 19.5 Å². The minimum atomic E-state index is -0.914. The topological polar surface area (TPSA) is 83.1 Å². The first-order valence-corrected chi connectivity index (χ1v) is 9.66. The van der Waals surface area contributed by atoms with E-state index in [0.29, 0.717) is 42.6 Å². The van der Waals surface area contributed by atoms with E-state index in [1.54, 1.807) is 18.2 Å². The van der Waals surface area contributed by atoms with Crippen LogP contribution in [0.2, 0.25) is 0 Å². The number of amides is 1. The number of hydrogen-bond donors (Lipinski definition) is 1. The molecule has 3 rings (SSSR count). The number of fused-ring (bicyclic) bond motifs is 1. The van der Waals surface area contributed by atoms with Crippen molar-refractivity contribution in [3.63, 3.8) is 0 Å². The number of aryl methyl sites for hydroxylation is 1. The van der Waals surface area contributed by atoms with Crippen LogP contribution in [-0.2, 0) is 20.9 Å². The molecule has 0 bridgehead atoms. The van der Waals surface area contributed by atoms with Gasteiger partial charge in [-0.15, -0.1) is 0 Å². The average molecular weight is 411 g/mol. The Labute approximate surface area is 175 Å². The van der Waals surface area contributed by atoms with E-state index in [9.17, 15) is 9.59 Å². The molecule has 1 amide bonds. The summed E-state index contributed by atoms with van der Waals surface area (Å²) in [4.78, 5) is 24.3. The Morgan fingerprint density at radius 1 is 1.17 bits per heavy atom. The van der Waals surface area contributed by atoms with Gasteiger partial charge < -0.3 is 24.3 Å². The van der Waals surface area contributed by atoms with E-state index < -0.39 is 12.1 Å². The summed E-state index contributed by atoms with van der Waals surface area (Å²) >= 11 is 0. The number of ether oxygens (including phenoxy) is 4. The minimum absolute atomic E-state index is 0.363. The zero-order chi connectivity index (χ0) is 21.5. The molecule has 158 valence electrons. The quantitative estimate of drug-likeness (QED) is 0.557. The van der Waals surface area contributed by atoms with Crippen molar-refractivity contribution >= 4 is 18.0 Å². The van der Waals surface area contributed by atoms with Crippen LogP contribution in [0.15, 0.2) is 42.5 Å². The summed E-state index contributed by atoms with van der Waals surface area (Å²) in [5.74, 6) is 0.629. The molecule has 1 aliphatic heterocycles. The fraction of sp³-hybridized carbons (Fsp3) is 0.304. The van der Waals surface area contributed by atoms with Crippen molar-refractivity contribution in [3.05, 3.63) is 59.2 Å². The zero-order valence-corrected chi connectivity index (χ0v) is 17.3. The lowest BCUT2D eigenvalue weighted by Gasteiger charge is -2.20. The second-order valence-electron chi connectivity index (χ2n) is 6.86. The van der Waals surface area contributed by atoms with E-state index in [2.05, 4.69) is 5.32 Å². The van der Waals surface area contributed by atoms with Crippen molar-refractivity contribution in [3.8, 4) is 17.2 Å². The van der Waals surface area contributed by atoms with Gasteiger partial charge in [-0.1, -0.05) is 29.8 Å². The molecule has 0 aliphatic carbocycles. The Morgan fingerprint density at radius 2 is 1.90 bits per heavy atom. The fourth-order valence-electron chi connectivity index (χ4n) is 2.86. The Bertz CT molecular complexity index is 918. The molecule has 7 heteroatoms. The van der Waals surface area contributed by atoms with Crippen molar-refractivity contribution in [1.29, 1.82) is 0 Å². The minimum Gasteiger partial charge on any atom is -0.493 e. The number of carbonyl (C=O) groups excluding carboxylic acids is 2. The molecule has 2 aromatic rings. The number of rotatable bonds is 7. The molecular formula is C23H25NO6. The van der Waals surface area contributed by atoms with Crippen molar-refractivity contribution in [2.45, 2.75) is 26.5 Å². The number of hydrogen-bond acceptors (Lipinski definition) is 6. The van der Waals surface area contributed by atoms with Gasteiger partial charge in [0, 0.05) is 12.6 Å². The van der Waals surface area contributed by atoms with Crippen LogP contribution in [0.5, 0.6) is 17.2 Å². The number of benzene rings is 2. The Morgan fingerprint density at radius 3 is 2.63 bits per heavy atom. The van der Waals surface area contributed by atoms with Gasteiger partial charge in [-0.05, 0) is 43.2 Å². The van der Waals surface area contributed by atoms with Crippen LogP contribution in [0.25, 0.3) is 6.08 Å². The standard InChI is InChI=1S/C23H25NO6/c1-15-4-6-17(7-5-15)14-24-23(26)16(2)30-21(25)9-8-18-12-19(27-3)22-20(13-18)28-10-11-29-22/h4-9,12-13,16H,10-11,14H2,1-3H3,(H,24,26)/b9-8+/t16-/m0/s1. The molecule has 0 fully saturated rings. The second kappa shape index (κ2) is 9.82. The van der Waals surface area contributed by atoms with Gasteiger partial charge >= 0.3 is 5.97 Å². The Balaban J connectivity index is 1.54. The highest BCUT2D eigenvalue weighted by atomic mass is 16.6. The van der Waals surface area contributed by atoms with E-state index in [1.807, 2.05) is 31.2 Å². The molecule has 0 aromatic heterocycles. The summed E-state index contributed by atoms with van der Waals surface area (Å²) in [6.45, 7) is 4.80. The molecule has 1 atom stereocenters. The lowest BCUT2D eigenvalue weighted by molar-refractivity contribution is -0.150. The highest BCUT2D eigenvalue weighted by molar-refractivity contribution is 5.90. The van der Waals surface area contributed by atoms with Crippen molar-refractivity contribution < 1.29 is 28.5 Å². The molecule has 1 heterocycles. The maximum atomic E-state index is 12.2. The van der Waals surface area contributed by atoms with Gasteiger partial charge in [0.25, 0.3) is 5.91 Å². The molecule has 0 saturated carbocycles. The predicted octanol–water partition coefficient (Wildman–Crippen LogP) is 3.04. The highest BCUT2D eigenvalue weighted by Gasteiger charge is 2.19. The summed E-state index contributed by atoms with van der Waals surface area (Å²) in [6.07, 6.45) is 1.91. The predicted molar refractivity (Wildman–Crippen MR) is 112 cm³/mol. The van der Waals surface area contributed by atoms with Crippen LogP contribution in [0.3, 0.4) is 0 Å². The van der Waals surface area contributed by atoms with Crippen molar-refractivity contribution in [2.75, 3.05) is 20.3 Å². The van der Waals surface area contributed by atoms with Gasteiger partial charge in [0.05, 0.1) is 7.11 Å². The lowest BCUT2D eigenvalue weighted by Crippen LogP contribution is -2.35. The molecule has 0 radical (unpaired) electrons. The normalized spacial score (nSPS) is 13.6. The SMILES string of the molecule is COc1cc(/C=C/C(=O)O[C@@H](C)C(=O)NCc2ccc(C)cc2)cc2c1OCCO2. The molecule has 1 aliphatic rings. The monoisotopic (exact) mass is 411 g/mol. The van der Waals surface area contributed by atoms with Gasteiger partial charge in [0.15, 0.2) is 17.6 Å². The first-order chi connectivity index (χ1) is 14.5. The number of methoxy groups -OCH3 is 1. The zero-order valence-electron chi connectivity index (χ0n) is 17.3. The molecule has 0 saturated heterocycles. The van der Waals surface area contributed by atoms with Crippen LogP contribution in [0.1, 0.15) is 23.6 Å². The summed E-state index contributed by atoms with van der Waals surface area (Å²) in [5.41, 5.74) is 2.80. The molecule has 1 N–H and O–H groups in total. The van der Waals surface area contributed by atoms with Crippen molar-refractivity contribution in [1.82, 2.24) is 5.32 Å². The number of esters is 1. The lowest BCUT2D eigenvalue weighted by atomic mass is 10.1. The largest absolute Gasteiger partial charge is 0.493 e. The third-order valence-electron chi connectivity index (χ3n) is 4.51. The molecule has 2 aromatic carbocycles. The van der Waals surface area contributed by atoms with E-state index in [1.165, 1.54) is 20.1 Å². The van der Waals surface area contributed by atoms with Gasteiger partial charge in [0.1, 0.15) is 13.2 Å². The summed E-state index contributed by atoms with van der Waals surface area (Å²) in [5, 5.41) is 2.76. The molecule has 30 heavy (non-hydrogen) atoms. The molecular weight excluding hydrogens is 386 g/mol.